The quantitative estimate of drug-likeness (QED) is 0.746. The topological polar surface area (TPSA) is 64.6 Å². The minimum Gasteiger partial charge on any atom is -0.393 e. The molecule has 1 atom stereocenters. The van der Waals surface area contributed by atoms with Crippen LogP contribution in [-0.2, 0) is 0 Å². The fourth-order valence-corrected chi connectivity index (χ4v) is 3.26. The standard InChI is InChI=1S/C19H31N3O2/c1-4-22(5-2)19(24)21-17-8-6-15(7-9-17)14(3)20-16-10-12-18(23)13-11-16/h6-9,14,16,18,20,23H,4-5,10-13H2,1-3H3,(H,21,24). The minimum absolute atomic E-state index is 0.0558. The average Bonchev–Trinajstić information content (AvgIpc) is 2.58. The summed E-state index contributed by atoms with van der Waals surface area (Å²) in [4.78, 5) is 13.8. The lowest BCUT2D eigenvalue weighted by Gasteiger charge is -2.29. The molecule has 1 saturated carbocycles. The summed E-state index contributed by atoms with van der Waals surface area (Å²) in [5.41, 5.74) is 2.03. The van der Waals surface area contributed by atoms with Crippen molar-refractivity contribution in [2.24, 2.45) is 0 Å². The lowest BCUT2D eigenvalue weighted by Crippen LogP contribution is -2.36. The number of carbonyl (C=O) groups is 1. The van der Waals surface area contributed by atoms with Crippen LogP contribution in [0, 0.1) is 0 Å². The summed E-state index contributed by atoms with van der Waals surface area (Å²) in [6.07, 6.45) is 3.72. The molecular formula is C19H31N3O2. The second kappa shape index (κ2) is 9.04. The second-order valence-corrected chi connectivity index (χ2v) is 6.62. The third-order valence-corrected chi connectivity index (χ3v) is 4.90. The van der Waals surface area contributed by atoms with Gasteiger partial charge >= 0.3 is 6.03 Å². The van der Waals surface area contributed by atoms with E-state index in [1.165, 1.54) is 5.56 Å². The van der Waals surface area contributed by atoms with Crippen LogP contribution < -0.4 is 10.6 Å². The Kier molecular flexibility index (Phi) is 7.06. The van der Waals surface area contributed by atoms with E-state index in [2.05, 4.69) is 29.7 Å². The summed E-state index contributed by atoms with van der Waals surface area (Å²) in [7, 11) is 0. The van der Waals surface area contributed by atoms with Crippen LogP contribution in [0.1, 0.15) is 58.1 Å². The van der Waals surface area contributed by atoms with Crippen molar-refractivity contribution in [2.75, 3.05) is 18.4 Å². The number of hydrogen-bond acceptors (Lipinski definition) is 3. The van der Waals surface area contributed by atoms with Gasteiger partial charge in [0.15, 0.2) is 0 Å². The number of rotatable bonds is 6. The molecule has 0 bridgehead atoms. The molecule has 1 aliphatic rings. The Hall–Kier alpha value is -1.59. The number of hydrogen-bond donors (Lipinski definition) is 3. The summed E-state index contributed by atoms with van der Waals surface area (Å²) in [5, 5.41) is 16.2. The van der Waals surface area contributed by atoms with Crippen LogP contribution in [0.3, 0.4) is 0 Å². The fraction of sp³-hybridized carbons (Fsp3) is 0.632. The van der Waals surface area contributed by atoms with Gasteiger partial charge in [-0.25, -0.2) is 4.79 Å². The van der Waals surface area contributed by atoms with Crippen LogP contribution in [0.15, 0.2) is 24.3 Å². The maximum atomic E-state index is 12.1. The average molecular weight is 333 g/mol. The van der Waals surface area contributed by atoms with Crippen molar-refractivity contribution < 1.29 is 9.90 Å². The van der Waals surface area contributed by atoms with Gasteiger partial charge in [-0.05, 0) is 64.2 Å². The molecule has 2 amide bonds. The Bertz CT molecular complexity index is 506. The van der Waals surface area contributed by atoms with Gasteiger partial charge in [-0.3, -0.25) is 0 Å². The van der Waals surface area contributed by atoms with E-state index in [-0.39, 0.29) is 18.2 Å². The van der Waals surface area contributed by atoms with Crippen LogP contribution in [-0.4, -0.2) is 41.3 Å². The molecule has 2 rings (SSSR count). The molecule has 1 aromatic rings. The van der Waals surface area contributed by atoms with Crippen LogP contribution in [0.2, 0.25) is 0 Å². The van der Waals surface area contributed by atoms with E-state index in [9.17, 15) is 9.90 Å². The smallest absolute Gasteiger partial charge is 0.321 e. The monoisotopic (exact) mass is 333 g/mol. The van der Waals surface area contributed by atoms with E-state index >= 15 is 0 Å². The summed E-state index contributed by atoms with van der Waals surface area (Å²) in [5.74, 6) is 0. The van der Waals surface area contributed by atoms with Crippen molar-refractivity contribution in [3.63, 3.8) is 0 Å². The van der Waals surface area contributed by atoms with Gasteiger partial charge in [-0.2, -0.15) is 0 Å². The fourth-order valence-electron chi connectivity index (χ4n) is 3.26. The van der Waals surface area contributed by atoms with Gasteiger partial charge in [-0.1, -0.05) is 12.1 Å². The summed E-state index contributed by atoms with van der Waals surface area (Å²) >= 11 is 0. The van der Waals surface area contributed by atoms with Crippen molar-refractivity contribution in [1.29, 1.82) is 0 Å². The van der Waals surface area contributed by atoms with Crippen molar-refractivity contribution in [3.05, 3.63) is 29.8 Å². The van der Waals surface area contributed by atoms with Crippen LogP contribution >= 0.6 is 0 Å². The third-order valence-electron chi connectivity index (χ3n) is 4.90. The SMILES string of the molecule is CCN(CC)C(=O)Nc1ccc(C(C)NC2CCC(O)CC2)cc1. The number of benzene rings is 1. The van der Waals surface area contributed by atoms with Crippen molar-refractivity contribution in [1.82, 2.24) is 10.2 Å². The molecule has 0 heterocycles. The molecule has 1 aromatic carbocycles. The van der Waals surface area contributed by atoms with Gasteiger partial charge in [0.2, 0.25) is 0 Å². The highest BCUT2D eigenvalue weighted by atomic mass is 16.3. The van der Waals surface area contributed by atoms with Gasteiger partial charge in [-0.15, -0.1) is 0 Å². The number of carbonyl (C=O) groups excluding carboxylic acids is 1. The van der Waals surface area contributed by atoms with Crippen LogP contribution in [0.25, 0.3) is 0 Å². The van der Waals surface area contributed by atoms with Crippen LogP contribution in [0.4, 0.5) is 10.5 Å². The lowest BCUT2D eigenvalue weighted by molar-refractivity contribution is 0.114. The van der Waals surface area contributed by atoms with Gasteiger partial charge in [0.1, 0.15) is 0 Å². The summed E-state index contributed by atoms with van der Waals surface area (Å²) in [6.45, 7) is 7.52. The first-order valence-corrected chi connectivity index (χ1v) is 9.13. The molecule has 0 radical (unpaired) electrons. The largest absolute Gasteiger partial charge is 0.393 e. The van der Waals surface area contributed by atoms with Gasteiger partial charge in [0.05, 0.1) is 6.10 Å². The highest BCUT2D eigenvalue weighted by Gasteiger charge is 2.21. The molecule has 1 unspecified atom stereocenters. The molecular weight excluding hydrogens is 302 g/mol. The van der Waals surface area contributed by atoms with E-state index in [0.29, 0.717) is 19.1 Å². The highest BCUT2D eigenvalue weighted by molar-refractivity contribution is 5.89. The molecule has 1 aliphatic carbocycles. The minimum atomic E-state index is -0.118. The predicted octanol–water partition coefficient (Wildman–Crippen LogP) is 3.51. The number of urea groups is 1. The molecule has 134 valence electrons. The van der Waals surface area contributed by atoms with Crippen molar-refractivity contribution in [2.45, 2.75) is 64.6 Å². The zero-order valence-corrected chi connectivity index (χ0v) is 15.1. The second-order valence-electron chi connectivity index (χ2n) is 6.62. The molecule has 0 spiro atoms. The first-order chi connectivity index (χ1) is 11.5. The van der Waals surface area contributed by atoms with E-state index in [1.54, 1.807) is 4.90 Å². The Morgan fingerprint density at radius 1 is 1.17 bits per heavy atom. The highest BCUT2D eigenvalue weighted by Crippen LogP contribution is 2.23. The Balaban J connectivity index is 1.87. The molecule has 5 nitrogen and oxygen atoms in total. The number of aliphatic hydroxyl groups excluding tert-OH is 1. The molecule has 5 heteroatoms. The first-order valence-electron chi connectivity index (χ1n) is 9.13. The van der Waals surface area contributed by atoms with E-state index in [1.807, 2.05) is 26.0 Å². The molecule has 24 heavy (non-hydrogen) atoms. The number of amides is 2. The number of nitrogens with one attached hydrogen (secondary N) is 2. The number of nitrogens with zero attached hydrogens (tertiary/aromatic N) is 1. The normalized spacial score (nSPS) is 22.0. The van der Waals surface area contributed by atoms with Crippen molar-refractivity contribution in [3.8, 4) is 0 Å². The number of aliphatic hydroxyl groups is 1. The van der Waals surface area contributed by atoms with E-state index < -0.39 is 0 Å². The van der Waals surface area contributed by atoms with Gasteiger partial charge < -0.3 is 20.6 Å². The Morgan fingerprint density at radius 3 is 2.29 bits per heavy atom. The maximum absolute atomic E-state index is 12.1. The zero-order valence-electron chi connectivity index (χ0n) is 15.1. The molecule has 1 fully saturated rings. The predicted molar refractivity (Wildman–Crippen MR) is 98.2 cm³/mol. The maximum Gasteiger partial charge on any atom is 0.321 e. The van der Waals surface area contributed by atoms with E-state index in [0.717, 1.165) is 31.4 Å². The van der Waals surface area contributed by atoms with Crippen molar-refractivity contribution >= 4 is 11.7 Å². The molecule has 0 aliphatic heterocycles. The van der Waals surface area contributed by atoms with E-state index in [4.69, 9.17) is 0 Å². The van der Waals surface area contributed by atoms with Gasteiger partial charge in [0.25, 0.3) is 0 Å². The molecule has 3 N–H and O–H groups in total. The summed E-state index contributed by atoms with van der Waals surface area (Å²) in [6, 6.07) is 8.72. The molecule has 0 saturated heterocycles. The molecule has 0 aromatic heterocycles. The Morgan fingerprint density at radius 2 is 1.75 bits per heavy atom. The zero-order chi connectivity index (χ0) is 17.5. The first kappa shape index (κ1) is 18.7. The summed E-state index contributed by atoms with van der Waals surface area (Å²) < 4.78 is 0. The van der Waals surface area contributed by atoms with Gasteiger partial charge in [0, 0.05) is 30.9 Å². The van der Waals surface area contributed by atoms with Crippen LogP contribution in [0.5, 0.6) is 0 Å². The lowest BCUT2D eigenvalue weighted by atomic mass is 9.92. The Labute approximate surface area is 145 Å². The number of anilines is 1. The third kappa shape index (κ3) is 5.21.